The molecule has 0 spiro atoms. The minimum Gasteiger partial charge on any atom is -0.657 e. The fourth-order valence-electron chi connectivity index (χ4n) is 5.92. The van der Waals surface area contributed by atoms with Crippen molar-refractivity contribution in [2.45, 2.75) is 13.0 Å². The monoisotopic (exact) mass is 530 g/mol. The first-order chi connectivity index (χ1) is 19.8. The Morgan fingerprint density at radius 3 is 2.60 bits per heavy atom. The Bertz CT molecular complexity index is 1940. The number of fused-ring (bicyclic) bond motifs is 8. The molecule has 2 aliphatic rings. The summed E-state index contributed by atoms with van der Waals surface area (Å²) in [4.78, 5) is 4.73. The van der Waals surface area contributed by atoms with Crippen molar-refractivity contribution in [1.82, 2.24) is 4.98 Å². The van der Waals surface area contributed by atoms with Crippen LogP contribution in [-0.4, -0.2) is 27.1 Å². The molecule has 2 aromatic heterocycles. The molecule has 7 nitrogen and oxygen atoms in total. The van der Waals surface area contributed by atoms with E-state index in [2.05, 4.69) is 41.1 Å². The fourth-order valence-corrected chi connectivity index (χ4v) is 5.92. The second-order valence-corrected chi connectivity index (χ2v) is 10.0. The van der Waals surface area contributed by atoms with Gasteiger partial charge in [0.25, 0.3) is 0 Å². The van der Waals surface area contributed by atoms with Gasteiger partial charge in [0.2, 0.25) is 12.5 Å². The number of aryl methyl sites for hydroxylation is 2. The molecule has 0 amide bonds. The molecule has 0 unspecified atom stereocenters. The highest BCUT2D eigenvalue weighted by atomic mass is 16.7. The van der Waals surface area contributed by atoms with E-state index in [4.69, 9.17) is 28.7 Å². The standard InChI is InChI=1S/C33H26N2O5/c1-36-29-10-9-20-15-27-23-17-31-30(39-19-40-31)16-21(23)11-12-35(27)18-24(20)33(29)38-14-13-37-28-8-4-7-26-32(28)22-5-2-3-6-25(22)34-26/h2-10,15-18H,11-14,19H2,1H3. The molecule has 0 aliphatic carbocycles. The van der Waals surface area contributed by atoms with Crippen molar-refractivity contribution in [3.63, 3.8) is 0 Å². The first-order valence-electron chi connectivity index (χ1n) is 13.4. The van der Waals surface area contributed by atoms with Crippen LogP contribution in [0.15, 0.2) is 79.0 Å². The van der Waals surface area contributed by atoms with Crippen molar-refractivity contribution in [3.8, 4) is 40.0 Å². The second-order valence-electron chi connectivity index (χ2n) is 10.0. The molecule has 198 valence electrons. The number of nitrogens with zero attached hydrogens (tertiary/aromatic N) is 2. The van der Waals surface area contributed by atoms with Gasteiger partial charge in [0.1, 0.15) is 19.0 Å². The molecule has 0 saturated heterocycles. The Balaban J connectivity index is 1.09. The number of aromatic nitrogens is 2. The van der Waals surface area contributed by atoms with Crippen LogP contribution in [0.5, 0.6) is 28.7 Å². The third kappa shape index (κ3) is 3.61. The van der Waals surface area contributed by atoms with E-state index >= 15 is 0 Å². The van der Waals surface area contributed by atoms with E-state index in [1.165, 1.54) is 11.1 Å². The number of benzene rings is 4. The van der Waals surface area contributed by atoms with Gasteiger partial charge in [0, 0.05) is 17.9 Å². The Hall–Kier alpha value is -4.91. The van der Waals surface area contributed by atoms with Gasteiger partial charge in [0.05, 0.1) is 18.1 Å². The lowest BCUT2D eigenvalue weighted by Gasteiger charge is -2.18. The molecule has 0 radical (unpaired) electrons. The van der Waals surface area contributed by atoms with Gasteiger partial charge in [-0.25, -0.2) is 0 Å². The summed E-state index contributed by atoms with van der Waals surface area (Å²) in [6.45, 7) is 1.89. The Morgan fingerprint density at radius 2 is 1.68 bits per heavy atom. The van der Waals surface area contributed by atoms with Gasteiger partial charge >= 0.3 is 0 Å². The second kappa shape index (κ2) is 9.09. The molecule has 0 atom stereocenters. The molecule has 7 heteroatoms. The summed E-state index contributed by atoms with van der Waals surface area (Å²) in [5.41, 5.74) is 5.50. The van der Waals surface area contributed by atoms with Crippen LogP contribution in [0.25, 0.3) is 43.8 Å². The highest BCUT2D eigenvalue weighted by Crippen LogP contribution is 2.42. The van der Waals surface area contributed by atoms with Crippen molar-refractivity contribution in [2.24, 2.45) is 0 Å². The third-order valence-corrected chi connectivity index (χ3v) is 7.80. The van der Waals surface area contributed by atoms with E-state index in [-0.39, 0.29) is 6.79 Å². The van der Waals surface area contributed by atoms with Gasteiger partial charge in [-0.05, 0) is 46.7 Å². The molecule has 4 aromatic carbocycles. The molecule has 0 saturated carbocycles. The molecule has 0 bridgehead atoms. The summed E-state index contributed by atoms with van der Waals surface area (Å²) >= 11 is 0. The maximum Gasteiger partial charge on any atom is 0.231 e. The number of rotatable bonds is 6. The topological polar surface area (TPSA) is 64.1 Å². The molecule has 0 N–H and O–H groups in total. The molecule has 2 aliphatic heterocycles. The number of pyridine rings is 1. The largest absolute Gasteiger partial charge is 0.657 e. The predicted octanol–water partition coefficient (Wildman–Crippen LogP) is 5.81. The van der Waals surface area contributed by atoms with Crippen molar-refractivity contribution < 1.29 is 28.3 Å². The number of methoxy groups -OCH3 is 1. The van der Waals surface area contributed by atoms with Crippen molar-refractivity contribution in [3.05, 3.63) is 84.6 Å². The smallest absolute Gasteiger partial charge is 0.231 e. The van der Waals surface area contributed by atoms with E-state index < -0.39 is 0 Å². The molecule has 40 heavy (non-hydrogen) atoms. The maximum atomic E-state index is 6.35. The highest BCUT2D eigenvalue weighted by molar-refractivity contribution is 6.10. The van der Waals surface area contributed by atoms with Gasteiger partial charge < -0.3 is 28.7 Å². The zero-order chi connectivity index (χ0) is 26.6. The zero-order valence-corrected chi connectivity index (χ0v) is 22.0. The van der Waals surface area contributed by atoms with Crippen LogP contribution in [-0.2, 0) is 13.0 Å². The van der Waals surface area contributed by atoms with E-state index in [1.807, 2.05) is 42.5 Å². The minimum atomic E-state index is 0.273. The van der Waals surface area contributed by atoms with Crippen LogP contribution in [0.4, 0.5) is 0 Å². The lowest BCUT2D eigenvalue weighted by Crippen LogP contribution is -2.40. The Labute approximate surface area is 230 Å². The molecule has 4 heterocycles. The summed E-state index contributed by atoms with van der Waals surface area (Å²) in [6, 6.07) is 24.6. The lowest BCUT2D eigenvalue weighted by molar-refractivity contribution is -0.686. The highest BCUT2D eigenvalue weighted by Gasteiger charge is 2.28. The Morgan fingerprint density at radius 1 is 0.825 bits per heavy atom. The SMILES string of the molecule is COc1ccc2cc3[n+](cc2c1OCCOc1cccc2[n-]c4ccccc4c12)CCc1cc2c(cc1-3)OCO2. The van der Waals surface area contributed by atoms with Crippen LogP contribution < -0.4 is 33.2 Å². The third-order valence-electron chi connectivity index (χ3n) is 7.80. The van der Waals surface area contributed by atoms with Crippen molar-refractivity contribution in [1.29, 1.82) is 0 Å². The summed E-state index contributed by atoms with van der Waals surface area (Å²) in [5, 5.41) is 4.21. The first kappa shape index (κ1) is 23.0. The van der Waals surface area contributed by atoms with E-state index in [0.29, 0.717) is 24.7 Å². The molecule has 0 fully saturated rings. The molecular weight excluding hydrogens is 504 g/mol. The van der Waals surface area contributed by atoms with Gasteiger partial charge in [-0.2, -0.15) is 4.57 Å². The quantitative estimate of drug-likeness (QED) is 0.200. The number of hydrogen-bond acceptors (Lipinski definition) is 5. The molecule has 6 aromatic rings. The van der Waals surface area contributed by atoms with E-state index in [1.54, 1.807) is 7.11 Å². The number of para-hydroxylation sites is 1. The van der Waals surface area contributed by atoms with Crippen molar-refractivity contribution in [2.75, 3.05) is 27.1 Å². The summed E-state index contributed by atoms with van der Waals surface area (Å²) in [6.07, 6.45) is 3.08. The molecular formula is C33H26N2O5. The number of hydrogen-bond donors (Lipinski definition) is 0. The summed E-state index contributed by atoms with van der Waals surface area (Å²) in [5.74, 6) is 3.85. The van der Waals surface area contributed by atoms with Gasteiger partial charge in [-0.15, -0.1) is 11.0 Å². The lowest BCUT2D eigenvalue weighted by atomic mass is 9.95. The van der Waals surface area contributed by atoms with Crippen LogP contribution in [0.2, 0.25) is 0 Å². The van der Waals surface area contributed by atoms with E-state index in [9.17, 15) is 0 Å². The minimum absolute atomic E-state index is 0.273. The van der Waals surface area contributed by atoms with Crippen LogP contribution in [0.1, 0.15) is 5.56 Å². The van der Waals surface area contributed by atoms with Gasteiger partial charge in [-0.3, -0.25) is 0 Å². The summed E-state index contributed by atoms with van der Waals surface area (Å²) < 4.78 is 31.8. The van der Waals surface area contributed by atoms with Gasteiger partial charge in [-0.1, -0.05) is 36.4 Å². The van der Waals surface area contributed by atoms with E-state index in [0.717, 1.165) is 68.5 Å². The van der Waals surface area contributed by atoms with Crippen LogP contribution in [0.3, 0.4) is 0 Å². The normalized spacial score (nSPS) is 13.4. The number of ether oxygens (including phenoxy) is 5. The zero-order valence-electron chi connectivity index (χ0n) is 22.0. The van der Waals surface area contributed by atoms with Gasteiger partial charge in [0.15, 0.2) is 35.7 Å². The first-order valence-corrected chi connectivity index (χ1v) is 13.4. The fraction of sp³-hybridized carbons (Fsp3) is 0.182. The Kier molecular flexibility index (Phi) is 5.23. The summed E-state index contributed by atoms with van der Waals surface area (Å²) in [7, 11) is 1.67. The molecule has 8 rings (SSSR count). The van der Waals surface area contributed by atoms with Crippen molar-refractivity contribution >= 4 is 32.6 Å². The average Bonchev–Trinajstić information content (AvgIpc) is 3.61. The van der Waals surface area contributed by atoms with Crippen LogP contribution >= 0.6 is 0 Å². The maximum absolute atomic E-state index is 6.35. The predicted molar refractivity (Wildman–Crippen MR) is 152 cm³/mol. The average molecular weight is 531 g/mol. The van der Waals surface area contributed by atoms with Crippen LogP contribution in [0, 0.1) is 0 Å².